The summed E-state index contributed by atoms with van der Waals surface area (Å²) < 4.78 is 1.24. The van der Waals surface area contributed by atoms with Gasteiger partial charge in [0.1, 0.15) is 11.7 Å². The molecule has 0 aliphatic rings. The fourth-order valence-electron chi connectivity index (χ4n) is 2.33. The van der Waals surface area contributed by atoms with Crippen LogP contribution in [0.15, 0.2) is 35.1 Å². The molecule has 0 radical (unpaired) electrons. The fourth-order valence-corrected chi connectivity index (χ4v) is 2.33. The van der Waals surface area contributed by atoms with Crippen LogP contribution in [-0.4, -0.2) is 32.8 Å². The highest BCUT2D eigenvalue weighted by Crippen LogP contribution is 2.08. The maximum absolute atomic E-state index is 12.2. The van der Waals surface area contributed by atoms with Crippen LogP contribution in [0.25, 0.3) is 5.69 Å². The van der Waals surface area contributed by atoms with Gasteiger partial charge in [-0.3, -0.25) is 14.7 Å². The standard InChI is InChI=1S/C17H21N3O4/c1-10(2)8-14(17(23)24)18-16(22)13-9-15(21)20(19-13)12-6-4-11(3)5-7-12/h4-7,9-10,14,19H,8H2,1-3H3,(H,18,22)(H,23,24)/t14-/m0/s1. The third-order valence-electron chi connectivity index (χ3n) is 3.57. The van der Waals surface area contributed by atoms with Gasteiger partial charge in [-0.15, -0.1) is 0 Å². The molecule has 0 spiro atoms. The highest BCUT2D eigenvalue weighted by molar-refractivity contribution is 5.94. The number of nitrogens with zero attached hydrogens (tertiary/aromatic N) is 1. The first-order valence-corrected chi connectivity index (χ1v) is 7.70. The summed E-state index contributed by atoms with van der Waals surface area (Å²) in [6.07, 6.45) is 0.310. The molecule has 3 N–H and O–H groups in total. The average molecular weight is 331 g/mol. The SMILES string of the molecule is Cc1ccc(-n2[nH]c(C(=O)N[C@@H](CC(C)C)C(=O)O)cc2=O)cc1. The topological polar surface area (TPSA) is 104 Å². The lowest BCUT2D eigenvalue weighted by Crippen LogP contribution is -2.41. The molecule has 7 nitrogen and oxygen atoms in total. The van der Waals surface area contributed by atoms with Crippen LogP contribution in [0.5, 0.6) is 0 Å². The van der Waals surface area contributed by atoms with Crippen molar-refractivity contribution in [2.24, 2.45) is 5.92 Å². The van der Waals surface area contributed by atoms with Crippen molar-refractivity contribution in [3.05, 3.63) is 51.9 Å². The van der Waals surface area contributed by atoms with Crippen LogP contribution in [0.2, 0.25) is 0 Å². The van der Waals surface area contributed by atoms with E-state index in [0.717, 1.165) is 11.6 Å². The van der Waals surface area contributed by atoms with E-state index in [9.17, 15) is 19.5 Å². The second-order valence-corrected chi connectivity index (χ2v) is 6.17. The Morgan fingerprint density at radius 2 is 1.88 bits per heavy atom. The Morgan fingerprint density at radius 3 is 2.42 bits per heavy atom. The fraction of sp³-hybridized carbons (Fsp3) is 0.353. The second kappa shape index (κ2) is 7.16. The van der Waals surface area contributed by atoms with E-state index in [-0.39, 0.29) is 17.2 Å². The van der Waals surface area contributed by atoms with Gasteiger partial charge in [-0.2, -0.15) is 0 Å². The van der Waals surface area contributed by atoms with Gasteiger partial charge in [0.15, 0.2) is 0 Å². The van der Waals surface area contributed by atoms with Gasteiger partial charge in [-0.05, 0) is 31.4 Å². The number of carboxylic acid groups (broad SMARTS) is 1. The maximum Gasteiger partial charge on any atom is 0.326 e. The van der Waals surface area contributed by atoms with Gasteiger partial charge >= 0.3 is 5.97 Å². The van der Waals surface area contributed by atoms with E-state index in [1.54, 1.807) is 12.1 Å². The summed E-state index contributed by atoms with van der Waals surface area (Å²) in [4.78, 5) is 35.5. The molecular weight excluding hydrogens is 310 g/mol. The molecule has 2 aromatic rings. The van der Waals surface area contributed by atoms with Crippen molar-refractivity contribution in [1.29, 1.82) is 0 Å². The summed E-state index contributed by atoms with van der Waals surface area (Å²) in [5.41, 5.74) is 1.28. The van der Waals surface area contributed by atoms with E-state index in [1.165, 1.54) is 4.68 Å². The Labute approximate surface area is 139 Å². The smallest absolute Gasteiger partial charge is 0.326 e. The maximum atomic E-state index is 12.2. The van der Waals surface area contributed by atoms with Crippen LogP contribution in [0.3, 0.4) is 0 Å². The van der Waals surface area contributed by atoms with Gasteiger partial charge in [0.25, 0.3) is 11.5 Å². The first-order chi connectivity index (χ1) is 11.3. The van der Waals surface area contributed by atoms with Gasteiger partial charge in [0.2, 0.25) is 0 Å². The zero-order valence-corrected chi connectivity index (χ0v) is 13.9. The Balaban J connectivity index is 2.22. The minimum absolute atomic E-state index is 0.0237. The summed E-state index contributed by atoms with van der Waals surface area (Å²) in [5, 5.41) is 14.3. The molecule has 0 fully saturated rings. The molecule has 0 aliphatic heterocycles. The molecule has 1 aromatic carbocycles. The summed E-state index contributed by atoms with van der Waals surface area (Å²) in [5.74, 6) is -1.61. The quantitative estimate of drug-likeness (QED) is 0.749. The number of aliphatic carboxylic acids is 1. The summed E-state index contributed by atoms with van der Waals surface area (Å²) in [7, 11) is 0. The predicted molar refractivity (Wildman–Crippen MR) is 89.5 cm³/mol. The second-order valence-electron chi connectivity index (χ2n) is 6.17. The third-order valence-corrected chi connectivity index (χ3v) is 3.57. The van der Waals surface area contributed by atoms with Crippen LogP contribution in [0, 0.1) is 12.8 Å². The number of carboxylic acids is 1. The predicted octanol–water partition coefficient (Wildman–Crippen LogP) is 1.70. The van der Waals surface area contributed by atoms with Crippen molar-refractivity contribution >= 4 is 11.9 Å². The monoisotopic (exact) mass is 331 g/mol. The van der Waals surface area contributed by atoms with Gasteiger partial charge in [-0.25, -0.2) is 9.48 Å². The summed E-state index contributed by atoms with van der Waals surface area (Å²) >= 11 is 0. The van der Waals surface area contributed by atoms with Gasteiger partial charge in [0.05, 0.1) is 5.69 Å². The number of nitrogens with one attached hydrogen (secondary N) is 2. The van der Waals surface area contributed by atoms with Crippen LogP contribution >= 0.6 is 0 Å². The van der Waals surface area contributed by atoms with E-state index < -0.39 is 17.9 Å². The zero-order valence-electron chi connectivity index (χ0n) is 13.9. The molecule has 2 rings (SSSR count). The zero-order chi connectivity index (χ0) is 17.9. The number of rotatable bonds is 6. The molecule has 0 saturated heterocycles. The van der Waals surface area contributed by atoms with Gasteiger partial charge < -0.3 is 10.4 Å². The Bertz CT molecular complexity index is 787. The number of aromatic amines is 1. The Hall–Kier alpha value is -2.83. The van der Waals surface area contributed by atoms with Crippen molar-refractivity contribution < 1.29 is 14.7 Å². The van der Waals surface area contributed by atoms with Crippen LogP contribution < -0.4 is 10.9 Å². The molecule has 0 saturated carbocycles. The molecule has 24 heavy (non-hydrogen) atoms. The first kappa shape index (κ1) is 17.5. The number of hydrogen-bond donors (Lipinski definition) is 3. The van der Waals surface area contributed by atoms with Crippen LogP contribution in [0.1, 0.15) is 36.3 Å². The molecule has 1 atom stereocenters. The lowest BCUT2D eigenvalue weighted by Gasteiger charge is -2.15. The van der Waals surface area contributed by atoms with Crippen molar-refractivity contribution in [2.45, 2.75) is 33.2 Å². The molecule has 7 heteroatoms. The number of carbonyl (C=O) groups excluding carboxylic acids is 1. The number of amides is 1. The summed E-state index contributed by atoms with van der Waals surface area (Å²) in [6.45, 7) is 5.68. The van der Waals surface area contributed by atoms with E-state index in [4.69, 9.17) is 0 Å². The highest BCUT2D eigenvalue weighted by atomic mass is 16.4. The van der Waals surface area contributed by atoms with E-state index in [0.29, 0.717) is 12.1 Å². The van der Waals surface area contributed by atoms with E-state index >= 15 is 0 Å². The number of carbonyl (C=O) groups is 2. The molecule has 128 valence electrons. The molecule has 1 heterocycles. The van der Waals surface area contributed by atoms with Crippen molar-refractivity contribution in [2.75, 3.05) is 0 Å². The lowest BCUT2D eigenvalue weighted by molar-refractivity contribution is -0.139. The minimum Gasteiger partial charge on any atom is -0.480 e. The van der Waals surface area contributed by atoms with E-state index in [2.05, 4.69) is 10.4 Å². The molecule has 1 aromatic heterocycles. The van der Waals surface area contributed by atoms with Crippen molar-refractivity contribution in [1.82, 2.24) is 15.1 Å². The Morgan fingerprint density at radius 1 is 1.25 bits per heavy atom. The average Bonchev–Trinajstić information content (AvgIpc) is 2.89. The third kappa shape index (κ3) is 4.13. The minimum atomic E-state index is -1.10. The van der Waals surface area contributed by atoms with Crippen LogP contribution in [-0.2, 0) is 4.79 Å². The molecule has 0 aliphatic carbocycles. The van der Waals surface area contributed by atoms with E-state index in [1.807, 2.05) is 32.9 Å². The number of H-pyrrole nitrogens is 1. The number of benzene rings is 1. The molecule has 0 bridgehead atoms. The van der Waals surface area contributed by atoms with Crippen molar-refractivity contribution in [3.63, 3.8) is 0 Å². The Kier molecular flexibility index (Phi) is 5.23. The van der Waals surface area contributed by atoms with Gasteiger partial charge in [-0.1, -0.05) is 31.5 Å². The van der Waals surface area contributed by atoms with Gasteiger partial charge in [0, 0.05) is 6.07 Å². The number of aryl methyl sites for hydroxylation is 1. The highest BCUT2D eigenvalue weighted by Gasteiger charge is 2.23. The summed E-state index contributed by atoms with van der Waals surface area (Å²) in [6, 6.07) is 7.38. The molecular formula is C17H21N3O4. The molecule has 1 amide bonds. The largest absolute Gasteiger partial charge is 0.480 e. The normalized spacial score (nSPS) is 12.2. The number of aromatic nitrogens is 2. The molecule has 0 unspecified atom stereocenters. The first-order valence-electron chi connectivity index (χ1n) is 7.70. The lowest BCUT2D eigenvalue weighted by atomic mass is 10.0. The van der Waals surface area contributed by atoms with Crippen molar-refractivity contribution in [3.8, 4) is 5.69 Å². The van der Waals surface area contributed by atoms with Crippen LogP contribution in [0.4, 0.5) is 0 Å². The number of hydrogen-bond acceptors (Lipinski definition) is 3.